The van der Waals surface area contributed by atoms with Gasteiger partial charge in [0.05, 0.1) is 23.8 Å². The molecule has 1 aromatic heterocycles. The number of ether oxygens (including phenoxy) is 1. The number of nitrogens with zero attached hydrogens (tertiary/aromatic N) is 1. The molecule has 0 radical (unpaired) electrons. The van der Waals surface area contributed by atoms with E-state index >= 15 is 0 Å². The first-order chi connectivity index (χ1) is 12.0. The van der Waals surface area contributed by atoms with E-state index in [2.05, 4.69) is 10.3 Å². The number of fused-ring (bicyclic) bond motifs is 2. The lowest BCUT2D eigenvalue weighted by atomic mass is 9.82. The highest BCUT2D eigenvalue weighted by Gasteiger charge is 2.50. The van der Waals surface area contributed by atoms with Gasteiger partial charge in [0, 0.05) is 22.8 Å². The topological polar surface area (TPSA) is 91.4 Å². The Morgan fingerprint density at radius 2 is 1.84 bits per heavy atom. The van der Waals surface area contributed by atoms with Crippen molar-refractivity contribution in [2.24, 2.45) is 11.8 Å². The van der Waals surface area contributed by atoms with Crippen molar-refractivity contribution < 1.29 is 19.4 Å². The molecule has 0 unspecified atom stereocenters. The number of anilines is 1. The normalized spacial score (nSPS) is 26.8. The molecule has 1 fully saturated rings. The molecule has 2 aromatic rings. The Bertz CT molecular complexity index is 858. The van der Waals surface area contributed by atoms with Crippen LogP contribution in [0, 0.1) is 18.8 Å². The second-order valence-corrected chi connectivity index (χ2v) is 7.07. The summed E-state index contributed by atoms with van der Waals surface area (Å²) in [7, 11) is 0. The van der Waals surface area contributed by atoms with E-state index in [1.165, 1.54) is 11.3 Å². The number of carbonyl (C=O) groups excluding carboxylic acids is 2. The van der Waals surface area contributed by atoms with Gasteiger partial charge < -0.3 is 20.0 Å². The van der Waals surface area contributed by atoms with Crippen molar-refractivity contribution in [1.29, 1.82) is 0 Å². The molecule has 7 heteroatoms. The molecule has 0 saturated carbocycles. The van der Waals surface area contributed by atoms with Gasteiger partial charge >= 0.3 is 0 Å². The van der Waals surface area contributed by atoms with Crippen LogP contribution in [0.15, 0.2) is 41.8 Å². The number of thiazole rings is 1. The zero-order valence-corrected chi connectivity index (χ0v) is 14.2. The lowest BCUT2D eigenvalue weighted by Crippen LogP contribution is -2.45. The molecule has 3 heterocycles. The van der Waals surface area contributed by atoms with Gasteiger partial charge in [-0.05, 0) is 6.92 Å². The monoisotopic (exact) mass is 355 g/mol. The minimum atomic E-state index is -1.27. The van der Waals surface area contributed by atoms with Crippen LogP contribution >= 0.6 is 11.3 Å². The minimum Gasteiger partial charge on any atom is -0.550 e. The summed E-state index contributed by atoms with van der Waals surface area (Å²) in [4.78, 5) is 28.3. The fraction of sp³-hybridized carbons (Fsp3) is 0.278. The van der Waals surface area contributed by atoms with Gasteiger partial charge in [0.1, 0.15) is 0 Å². The van der Waals surface area contributed by atoms with Crippen LogP contribution in [0.25, 0.3) is 11.3 Å². The summed E-state index contributed by atoms with van der Waals surface area (Å²) in [5.74, 6) is -3.44. The first-order valence-corrected chi connectivity index (χ1v) is 8.79. The largest absolute Gasteiger partial charge is 0.550 e. The van der Waals surface area contributed by atoms with Crippen LogP contribution in [0.3, 0.4) is 0 Å². The van der Waals surface area contributed by atoms with Gasteiger partial charge in [0.25, 0.3) is 0 Å². The molecule has 6 nitrogen and oxygen atoms in total. The number of carbonyl (C=O) groups is 2. The van der Waals surface area contributed by atoms with Crippen molar-refractivity contribution in [3.8, 4) is 11.3 Å². The van der Waals surface area contributed by atoms with Gasteiger partial charge in [0.15, 0.2) is 5.13 Å². The maximum atomic E-state index is 12.6. The van der Waals surface area contributed by atoms with Gasteiger partial charge in [-0.2, -0.15) is 0 Å². The third-order valence-corrected chi connectivity index (χ3v) is 5.31. The maximum absolute atomic E-state index is 12.6. The quantitative estimate of drug-likeness (QED) is 0.837. The fourth-order valence-electron chi connectivity index (χ4n) is 3.28. The predicted molar refractivity (Wildman–Crippen MR) is 90.7 cm³/mol. The summed E-state index contributed by atoms with van der Waals surface area (Å²) in [5.41, 5.74) is 2.88. The van der Waals surface area contributed by atoms with Crippen LogP contribution in [-0.2, 0) is 14.3 Å². The van der Waals surface area contributed by atoms with E-state index < -0.39 is 35.9 Å². The average molecular weight is 355 g/mol. The zero-order chi connectivity index (χ0) is 17.6. The minimum absolute atomic E-state index is 0.407. The number of nitrogens with one attached hydrogen (secondary N) is 1. The third kappa shape index (κ3) is 2.85. The van der Waals surface area contributed by atoms with Gasteiger partial charge in [-0.25, -0.2) is 4.98 Å². The second kappa shape index (κ2) is 6.09. The molecule has 25 heavy (non-hydrogen) atoms. The van der Waals surface area contributed by atoms with Gasteiger partial charge in [-0.3, -0.25) is 4.79 Å². The summed E-state index contributed by atoms with van der Waals surface area (Å²) in [5, 5.41) is 16.4. The lowest BCUT2D eigenvalue weighted by molar-refractivity contribution is -0.313. The Balaban J connectivity index is 1.51. The molecule has 2 bridgehead atoms. The van der Waals surface area contributed by atoms with Crippen LogP contribution in [0.1, 0.15) is 5.56 Å². The highest BCUT2D eigenvalue weighted by Crippen LogP contribution is 2.39. The molecule has 4 rings (SSSR count). The van der Waals surface area contributed by atoms with Crippen molar-refractivity contribution in [2.45, 2.75) is 19.1 Å². The van der Waals surface area contributed by atoms with Gasteiger partial charge in [0.2, 0.25) is 5.91 Å². The third-order valence-electron chi connectivity index (χ3n) is 4.56. The Kier molecular flexibility index (Phi) is 3.89. The van der Waals surface area contributed by atoms with E-state index in [4.69, 9.17) is 4.74 Å². The van der Waals surface area contributed by atoms with E-state index in [1.807, 2.05) is 36.6 Å². The molecule has 1 amide bonds. The van der Waals surface area contributed by atoms with Crippen molar-refractivity contribution in [2.75, 3.05) is 5.32 Å². The van der Waals surface area contributed by atoms with Crippen LogP contribution in [0.2, 0.25) is 0 Å². The van der Waals surface area contributed by atoms with Crippen LogP contribution in [-0.4, -0.2) is 29.1 Å². The Labute approximate surface area is 148 Å². The highest BCUT2D eigenvalue weighted by molar-refractivity contribution is 7.14. The van der Waals surface area contributed by atoms with E-state index in [-0.39, 0.29) is 0 Å². The summed E-state index contributed by atoms with van der Waals surface area (Å²) < 4.78 is 5.49. The van der Waals surface area contributed by atoms with Gasteiger partial charge in [-0.15, -0.1) is 11.3 Å². The second-order valence-electron chi connectivity index (χ2n) is 6.21. The molecule has 128 valence electrons. The maximum Gasteiger partial charge on any atom is 0.233 e. The smallest absolute Gasteiger partial charge is 0.233 e. The predicted octanol–water partition coefficient (Wildman–Crippen LogP) is 1.38. The molecular weight excluding hydrogens is 340 g/mol. The summed E-state index contributed by atoms with van der Waals surface area (Å²) in [6, 6.07) is 7.93. The molecule has 2 aliphatic heterocycles. The standard InChI is InChI=1S/C18H16N2O4S/c1-9-2-4-10(5-3-9)11-8-25-18(19-11)20-16(21)14-12-6-7-13(24-12)15(14)17(22)23/h2-8,12-15H,1H3,(H,22,23)(H,19,20,21)/p-1/t12-,13+,14-,15-/m0/s1. The number of hydrogen-bond acceptors (Lipinski definition) is 6. The molecule has 4 atom stereocenters. The van der Waals surface area contributed by atoms with Crippen LogP contribution < -0.4 is 10.4 Å². The average Bonchev–Trinajstić information content (AvgIpc) is 3.30. The zero-order valence-electron chi connectivity index (χ0n) is 13.3. The lowest BCUT2D eigenvalue weighted by Gasteiger charge is -2.24. The molecule has 2 aliphatic rings. The van der Waals surface area contributed by atoms with Crippen LogP contribution in [0.4, 0.5) is 5.13 Å². The molecule has 0 aliphatic carbocycles. The number of aromatic nitrogens is 1. The van der Waals surface area contributed by atoms with Crippen LogP contribution in [0.5, 0.6) is 0 Å². The van der Waals surface area contributed by atoms with Gasteiger partial charge in [-0.1, -0.05) is 42.0 Å². The number of rotatable bonds is 4. The van der Waals surface area contributed by atoms with Crippen molar-refractivity contribution >= 4 is 28.3 Å². The van der Waals surface area contributed by atoms with E-state index in [1.54, 1.807) is 12.2 Å². The first kappa shape index (κ1) is 16.0. The number of carboxylic acid groups (broad SMARTS) is 1. The molecular formula is C18H15N2O4S-. The van der Waals surface area contributed by atoms with E-state index in [0.29, 0.717) is 5.13 Å². The number of aryl methyl sites for hydroxylation is 1. The van der Waals surface area contributed by atoms with Crippen molar-refractivity contribution in [1.82, 2.24) is 4.98 Å². The summed E-state index contributed by atoms with van der Waals surface area (Å²) in [6.45, 7) is 2.01. The van der Waals surface area contributed by atoms with Crippen molar-refractivity contribution in [3.63, 3.8) is 0 Å². The van der Waals surface area contributed by atoms with E-state index in [9.17, 15) is 14.7 Å². The Hall–Kier alpha value is -2.51. The molecule has 1 N–H and O–H groups in total. The molecule has 1 aromatic carbocycles. The Morgan fingerprint density at radius 3 is 2.52 bits per heavy atom. The molecule has 1 saturated heterocycles. The summed E-state index contributed by atoms with van der Waals surface area (Å²) >= 11 is 1.30. The van der Waals surface area contributed by atoms with E-state index in [0.717, 1.165) is 16.8 Å². The first-order valence-electron chi connectivity index (χ1n) is 7.91. The molecule has 0 spiro atoms. The number of hydrogen-bond donors (Lipinski definition) is 1. The van der Waals surface area contributed by atoms with Crippen molar-refractivity contribution in [3.05, 3.63) is 47.4 Å². The summed E-state index contributed by atoms with van der Waals surface area (Å²) in [6.07, 6.45) is 2.29. The fourth-order valence-corrected chi connectivity index (χ4v) is 4.00. The Morgan fingerprint density at radius 1 is 1.16 bits per heavy atom. The number of amides is 1. The highest BCUT2D eigenvalue weighted by atomic mass is 32.1. The number of benzene rings is 1. The SMILES string of the molecule is Cc1ccc(-c2csc(NC(=O)[C@@H]3[C@@H](C(=O)[O-])[C@H]4C=C[C@@H]3O4)n2)cc1. The number of carboxylic acids is 1. The number of aliphatic carboxylic acids is 1.